The number of hydrogen-bond donors (Lipinski definition) is 1. The summed E-state index contributed by atoms with van der Waals surface area (Å²) >= 11 is 0. The SMILES string of the molecule is CCNCc1ccccc1N1CCC2(CCCCC2)CC1. The van der Waals surface area contributed by atoms with Crippen LogP contribution in [0.1, 0.15) is 57.4 Å². The lowest BCUT2D eigenvalue weighted by Crippen LogP contribution is -2.41. The second-order valence-corrected chi connectivity index (χ2v) is 6.96. The second-order valence-electron chi connectivity index (χ2n) is 6.96. The van der Waals surface area contributed by atoms with Crippen molar-refractivity contribution in [3.63, 3.8) is 0 Å². The van der Waals surface area contributed by atoms with Crippen LogP contribution < -0.4 is 10.2 Å². The molecule has 2 heteroatoms. The van der Waals surface area contributed by atoms with E-state index in [2.05, 4.69) is 41.4 Å². The standard InChI is InChI=1S/C19H30N2/c1-2-20-16-17-8-4-5-9-18(17)21-14-12-19(13-15-21)10-6-3-7-11-19/h4-5,8-9,20H,2-3,6-7,10-16H2,1H3. The maximum absolute atomic E-state index is 3.47. The molecule has 1 heterocycles. The molecular formula is C19H30N2. The van der Waals surface area contributed by atoms with Gasteiger partial charge in [0.2, 0.25) is 0 Å². The molecule has 1 aliphatic heterocycles. The van der Waals surface area contributed by atoms with Crippen LogP contribution in [-0.4, -0.2) is 19.6 Å². The first kappa shape index (κ1) is 14.9. The molecule has 0 radical (unpaired) electrons. The fraction of sp³-hybridized carbons (Fsp3) is 0.684. The van der Waals surface area contributed by atoms with Crippen LogP contribution in [0.25, 0.3) is 0 Å². The van der Waals surface area contributed by atoms with E-state index in [-0.39, 0.29) is 0 Å². The summed E-state index contributed by atoms with van der Waals surface area (Å²) in [6, 6.07) is 8.95. The van der Waals surface area contributed by atoms with Crippen LogP contribution in [0.3, 0.4) is 0 Å². The van der Waals surface area contributed by atoms with Crippen molar-refractivity contribution in [3.8, 4) is 0 Å². The highest BCUT2D eigenvalue weighted by Crippen LogP contribution is 2.45. The maximum atomic E-state index is 3.47. The van der Waals surface area contributed by atoms with Crippen molar-refractivity contribution in [2.45, 2.75) is 58.4 Å². The summed E-state index contributed by atoms with van der Waals surface area (Å²) in [5.74, 6) is 0. The first-order chi connectivity index (χ1) is 10.3. The second kappa shape index (κ2) is 6.83. The lowest BCUT2D eigenvalue weighted by molar-refractivity contribution is 0.144. The maximum Gasteiger partial charge on any atom is 0.0411 e. The minimum absolute atomic E-state index is 0.700. The molecule has 0 aromatic heterocycles. The van der Waals surface area contributed by atoms with Gasteiger partial charge in [-0.25, -0.2) is 0 Å². The van der Waals surface area contributed by atoms with Crippen LogP contribution in [0.2, 0.25) is 0 Å². The topological polar surface area (TPSA) is 15.3 Å². The van der Waals surface area contributed by atoms with Crippen LogP contribution in [0, 0.1) is 5.41 Å². The Morgan fingerprint density at radius 2 is 1.71 bits per heavy atom. The van der Waals surface area contributed by atoms with E-state index in [9.17, 15) is 0 Å². The van der Waals surface area contributed by atoms with Crippen LogP contribution in [-0.2, 0) is 6.54 Å². The van der Waals surface area contributed by atoms with E-state index in [0.29, 0.717) is 5.41 Å². The van der Waals surface area contributed by atoms with Gasteiger partial charge < -0.3 is 10.2 Å². The lowest BCUT2D eigenvalue weighted by Gasteiger charge is -2.45. The van der Waals surface area contributed by atoms with Crippen molar-refractivity contribution in [2.24, 2.45) is 5.41 Å². The summed E-state index contributed by atoms with van der Waals surface area (Å²) in [4.78, 5) is 2.63. The minimum Gasteiger partial charge on any atom is -0.371 e. The number of piperidine rings is 1. The fourth-order valence-corrected chi connectivity index (χ4v) is 4.25. The Labute approximate surface area is 129 Å². The number of benzene rings is 1. The third-order valence-corrected chi connectivity index (χ3v) is 5.64. The normalized spacial score (nSPS) is 21.7. The zero-order valence-corrected chi connectivity index (χ0v) is 13.5. The fourth-order valence-electron chi connectivity index (χ4n) is 4.25. The van der Waals surface area contributed by atoms with Gasteiger partial charge in [-0.3, -0.25) is 0 Å². The van der Waals surface area contributed by atoms with Gasteiger partial charge in [0, 0.05) is 25.3 Å². The van der Waals surface area contributed by atoms with Gasteiger partial charge in [-0.15, -0.1) is 0 Å². The van der Waals surface area contributed by atoms with Gasteiger partial charge in [0.1, 0.15) is 0 Å². The molecule has 0 atom stereocenters. The molecule has 2 aliphatic rings. The predicted octanol–water partition coefficient (Wildman–Crippen LogP) is 4.35. The first-order valence-electron chi connectivity index (χ1n) is 8.87. The molecular weight excluding hydrogens is 256 g/mol. The zero-order chi connectivity index (χ0) is 14.5. The van der Waals surface area contributed by atoms with Crippen LogP contribution in [0.5, 0.6) is 0 Å². The van der Waals surface area contributed by atoms with Crippen molar-refractivity contribution >= 4 is 5.69 Å². The number of anilines is 1. The Kier molecular flexibility index (Phi) is 4.84. The highest BCUT2D eigenvalue weighted by atomic mass is 15.1. The van der Waals surface area contributed by atoms with Crippen molar-refractivity contribution in [1.29, 1.82) is 0 Å². The number of rotatable bonds is 4. The summed E-state index contributed by atoms with van der Waals surface area (Å²) in [5, 5.41) is 3.47. The molecule has 2 fully saturated rings. The molecule has 1 aliphatic carbocycles. The quantitative estimate of drug-likeness (QED) is 0.885. The molecule has 1 saturated carbocycles. The average Bonchev–Trinajstić information content (AvgIpc) is 2.55. The average molecular weight is 286 g/mol. The smallest absolute Gasteiger partial charge is 0.0411 e. The molecule has 1 saturated heterocycles. The molecule has 3 rings (SSSR count). The van der Waals surface area contributed by atoms with Crippen LogP contribution in [0.15, 0.2) is 24.3 Å². The molecule has 0 unspecified atom stereocenters. The number of nitrogens with zero attached hydrogens (tertiary/aromatic N) is 1. The van der Waals surface area contributed by atoms with Crippen molar-refractivity contribution in [1.82, 2.24) is 5.32 Å². The van der Waals surface area contributed by atoms with Crippen molar-refractivity contribution < 1.29 is 0 Å². The first-order valence-corrected chi connectivity index (χ1v) is 8.87. The van der Waals surface area contributed by atoms with E-state index in [1.165, 1.54) is 69.3 Å². The third-order valence-electron chi connectivity index (χ3n) is 5.64. The molecule has 21 heavy (non-hydrogen) atoms. The monoisotopic (exact) mass is 286 g/mol. The van der Waals surface area contributed by atoms with E-state index < -0.39 is 0 Å². The summed E-state index contributed by atoms with van der Waals surface area (Å²) in [6.45, 7) is 6.72. The van der Waals surface area contributed by atoms with Gasteiger partial charge in [-0.2, -0.15) is 0 Å². The summed E-state index contributed by atoms with van der Waals surface area (Å²) < 4.78 is 0. The number of para-hydroxylation sites is 1. The Balaban J connectivity index is 1.66. The van der Waals surface area contributed by atoms with Gasteiger partial charge in [0.25, 0.3) is 0 Å². The highest BCUT2D eigenvalue weighted by molar-refractivity contribution is 5.54. The molecule has 0 bridgehead atoms. The molecule has 116 valence electrons. The molecule has 1 aromatic rings. The summed E-state index contributed by atoms with van der Waals surface area (Å²) in [6.07, 6.45) is 10.2. The van der Waals surface area contributed by atoms with Gasteiger partial charge in [0.15, 0.2) is 0 Å². The summed E-state index contributed by atoms with van der Waals surface area (Å²) in [7, 11) is 0. The van der Waals surface area contributed by atoms with E-state index in [1.807, 2.05) is 0 Å². The third kappa shape index (κ3) is 3.42. The Bertz CT molecular complexity index is 439. The van der Waals surface area contributed by atoms with E-state index >= 15 is 0 Å². The van der Waals surface area contributed by atoms with Gasteiger partial charge in [0.05, 0.1) is 0 Å². The lowest BCUT2D eigenvalue weighted by atomic mass is 9.68. The van der Waals surface area contributed by atoms with Gasteiger partial charge in [-0.05, 0) is 49.3 Å². The minimum atomic E-state index is 0.700. The zero-order valence-electron chi connectivity index (χ0n) is 13.5. The Hall–Kier alpha value is -1.02. The number of hydrogen-bond acceptors (Lipinski definition) is 2. The molecule has 1 N–H and O–H groups in total. The van der Waals surface area contributed by atoms with Crippen molar-refractivity contribution in [3.05, 3.63) is 29.8 Å². The van der Waals surface area contributed by atoms with Gasteiger partial charge in [-0.1, -0.05) is 44.4 Å². The molecule has 1 aromatic carbocycles. The Morgan fingerprint density at radius 1 is 1.00 bits per heavy atom. The van der Waals surface area contributed by atoms with E-state index in [1.54, 1.807) is 0 Å². The Morgan fingerprint density at radius 3 is 2.43 bits per heavy atom. The highest BCUT2D eigenvalue weighted by Gasteiger charge is 2.35. The van der Waals surface area contributed by atoms with E-state index in [0.717, 1.165) is 13.1 Å². The van der Waals surface area contributed by atoms with Crippen molar-refractivity contribution in [2.75, 3.05) is 24.5 Å². The largest absolute Gasteiger partial charge is 0.371 e. The van der Waals surface area contributed by atoms with E-state index in [4.69, 9.17) is 0 Å². The molecule has 1 spiro atoms. The van der Waals surface area contributed by atoms with Crippen LogP contribution >= 0.6 is 0 Å². The van der Waals surface area contributed by atoms with Crippen LogP contribution in [0.4, 0.5) is 5.69 Å². The van der Waals surface area contributed by atoms with Gasteiger partial charge >= 0.3 is 0 Å². The molecule has 0 amide bonds. The number of nitrogens with one attached hydrogen (secondary N) is 1. The predicted molar refractivity (Wildman–Crippen MR) is 90.8 cm³/mol. The summed E-state index contributed by atoms with van der Waals surface area (Å²) in [5.41, 5.74) is 3.62. The molecule has 2 nitrogen and oxygen atoms in total.